The molecule has 0 saturated carbocycles. The first-order chi connectivity index (χ1) is 8.56. The summed E-state index contributed by atoms with van der Waals surface area (Å²) in [5, 5.41) is 14.0. The number of nitro groups is 1. The molecule has 0 aliphatic carbocycles. The van der Waals surface area contributed by atoms with Crippen LogP contribution in [0.5, 0.6) is 0 Å². The Kier molecular flexibility index (Phi) is 3.48. The monoisotopic (exact) mass is 262 g/mol. The van der Waals surface area contributed by atoms with Gasteiger partial charge in [-0.3, -0.25) is 10.1 Å². The number of halogens is 1. The molecule has 1 N–H and O–H groups in total. The lowest BCUT2D eigenvalue weighted by Crippen LogP contribution is -1.93. The first-order valence-corrected chi connectivity index (χ1v) is 5.72. The number of nitro benzene ring substituents is 1. The molecule has 0 spiro atoms. The molecule has 0 fully saturated rings. The second kappa shape index (κ2) is 5.06. The molecule has 2 aromatic carbocycles. The number of rotatable bonds is 3. The molecule has 2 rings (SSSR count). The van der Waals surface area contributed by atoms with E-state index in [9.17, 15) is 10.1 Å². The molecule has 0 unspecified atom stereocenters. The molecule has 0 heterocycles. The first-order valence-electron chi connectivity index (χ1n) is 5.34. The topological polar surface area (TPSA) is 55.2 Å². The van der Waals surface area contributed by atoms with Crippen molar-refractivity contribution in [2.45, 2.75) is 6.92 Å². The maximum atomic E-state index is 10.6. The van der Waals surface area contributed by atoms with Crippen molar-refractivity contribution in [1.29, 1.82) is 0 Å². The maximum absolute atomic E-state index is 10.6. The van der Waals surface area contributed by atoms with Gasteiger partial charge in [0.2, 0.25) is 0 Å². The highest BCUT2D eigenvalue weighted by atomic mass is 35.5. The fourth-order valence-corrected chi connectivity index (χ4v) is 1.73. The molecule has 0 aromatic heterocycles. The highest BCUT2D eigenvalue weighted by molar-refractivity contribution is 6.33. The summed E-state index contributed by atoms with van der Waals surface area (Å²) in [6.45, 7) is 2.00. The van der Waals surface area contributed by atoms with E-state index in [2.05, 4.69) is 5.32 Å². The largest absolute Gasteiger partial charge is 0.354 e. The maximum Gasteiger partial charge on any atom is 0.271 e. The van der Waals surface area contributed by atoms with Crippen LogP contribution >= 0.6 is 11.6 Å². The molecule has 4 nitrogen and oxygen atoms in total. The van der Waals surface area contributed by atoms with Crippen LogP contribution in [0.15, 0.2) is 42.5 Å². The summed E-state index contributed by atoms with van der Waals surface area (Å²) >= 11 is 5.99. The van der Waals surface area contributed by atoms with E-state index in [4.69, 9.17) is 11.6 Å². The second-order valence-electron chi connectivity index (χ2n) is 3.91. The van der Waals surface area contributed by atoms with Gasteiger partial charge < -0.3 is 5.32 Å². The van der Waals surface area contributed by atoms with Gasteiger partial charge in [-0.2, -0.15) is 0 Å². The number of non-ortho nitro benzene ring substituents is 1. The first kappa shape index (κ1) is 12.4. The molecule has 2 aromatic rings. The molecule has 0 saturated heterocycles. The van der Waals surface area contributed by atoms with E-state index in [0.717, 1.165) is 11.3 Å². The highest BCUT2D eigenvalue weighted by Gasteiger charge is 2.09. The van der Waals surface area contributed by atoms with Crippen molar-refractivity contribution < 1.29 is 4.92 Å². The lowest BCUT2D eigenvalue weighted by Gasteiger charge is -2.08. The van der Waals surface area contributed by atoms with E-state index in [0.29, 0.717) is 10.7 Å². The molecule has 0 amide bonds. The van der Waals surface area contributed by atoms with Crippen LogP contribution in [0.4, 0.5) is 17.1 Å². The molecule has 0 atom stereocenters. The third kappa shape index (κ3) is 2.78. The zero-order valence-electron chi connectivity index (χ0n) is 9.68. The smallest absolute Gasteiger partial charge is 0.271 e. The van der Waals surface area contributed by atoms with Gasteiger partial charge in [-0.15, -0.1) is 0 Å². The van der Waals surface area contributed by atoms with Gasteiger partial charge in [-0.05, 0) is 25.1 Å². The van der Waals surface area contributed by atoms with Crippen molar-refractivity contribution in [1.82, 2.24) is 0 Å². The second-order valence-corrected chi connectivity index (χ2v) is 4.32. The standard InChI is InChI=1S/C13H11ClN2O2/c1-9-2-4-10(5-3-9)15-13-7-6-11(16(17)18)8-12(13)14/h2-8,15H,1H3. The summed E-state index contributed by atoms with van der Waals surface area (Å²) in [5.74, 6) is 0. The van der Waals surface area contributed by atoms with Crippen LogP contribution in [0.2, 0.25) is 5.02 Å². The Labute approximate surface area is 109 Å². The minimum absolute atomic E-state index is 0.0190. The van der Waals surface area contributed by atoms with Crippen molar-refractivity contribution in [3.63, 3.8) is 0 Å². The van der Waals surface area contributed by atoms with Gasteiger partial charge in [0, 0.05) is 17.8 Å². The SMILES string of the molecule is Cc1ccc(Nc2ccc([N+](=O)[O-])cc2Cl)cc1. The van der Waals surface area contributed by atoms with Gasteiger partial charge in [0.1, 0.15) is 0 Å². The van der Waals surface area contributed by atoms with Crippen LogP contribution in [0.3, 0.4) is 0 Å². The third-order valence-corrected chi connectivity index (χ3v) is 2.81. The quantitative estimate of drug-likeness (QED) is 0.663. The molecule has 0 radical (unpaired) electrons. The van der Waals surface area contributed by atoms with Crippen molar-refractivity contribution in [3.8, 4) is 0 Å². The Hall–Kier alpha value is -2.07. The minimum atomic E-state index is -0.471. The minimum Gasteiger partial charge on any atom is -0.354 e. The number of anilines is 2. The van der Waals surface area contributed by atoms with Crippen LogP contribution in [-0.4, -0.2) is 4.92 Å². The van der Waals surface area contributed by atoms with Crippen molar-refractivity contribution >= 4 is 28.7 Å². The van der Waals surface area contributed by atoms with Crippen molar-refractivity contribution in [2.75, 3.05) is 5.32 Å². The highest BCUT2D eigenvalue weighted by Crippen LogP contribution is 2.29. The number of hydrogen-bond donors (Lipinski definition) is 1. The predicted octanol–water partition coefficient (Wildman–Crippen LogP) is 4.30. The Morgan fingerprint density at radius 2 is 1.83 bits per heavy atom. The number of hydrogen-bond acceptors (Lipinski definition) is 3. The number of benzene rings is 2. The molecule has 0 bridgehead atoms. The van der Waals surface area contributed by atoms with Crippen LogP contribution in [-0.2, 0) is 0 Å². The molecule has 0 aliphatic rings. The van der Waals surface area contributed by atoms with Crippen molar-refractivity contribution in [3.05, 3.63) is 63.2 Å². The summed E-state index contributed by atoms with van der Waals surface area (Å²) in [7, 11) is 0. The van der Waals surface area contributed by atoms with E-state index < -0.39 is 4.92 Å². The zero-order chi connectivity index (χ0) is 13.1. The Morgan fingerprint density at radius 3 is 2.39 bits per heavy atom. The van der Waals surface area contributed by atoms with Crippen LogP contribution in [0.1, 0.15) is 5.56 Å². The van der Waals surface area contributed by atoms with Gasteiger partial charge in [0.15, 0.2) is 0 Å². The van der Waals surface area contributed by atoms with Gasteiger partial charge >= 0.3 is 0 Å². The lowest BCUT2D eigenvalue weighted by molar-refractivity contribution is -0.384. The van der Waals surface area contributed by atoms with E-state index in [1.54, 1.807) is 6.07 Å². The molecule has 92 valence electrons. The number of aryl methyl sites for hydroxylation is 1. The normalized spacial score (nSPS) is 10.1. The molecule has 5 heteroatoms. The molecular formula is C13H11ClN2O2. The van der Waals surface area contributed by atoms with Gasteiger partial charge in [0.25, 0.3) is 5.69 Å². The summed E-state index contributed by atoms with van der Waals surface area (Å²) < 4.78 is 0. The predicted molar refractivity (Wildman–Crippen MR) is 72.6 cm³/mol. The van der Waals surface area contributed by atoms with Crippen LogP contribution in [0.25, 0.3) is 0 Å². The fourth-order valence-electron chi connectivity index (χ4n) is 1.51. The molecular weight excluding hydrogens is 252 g/mol. The summed E-state index contributed by atoms with van der Waals surface area (Å²) in [6, 6.07) is 12.1. The Morgan fingerprint density at radius 1 is 1.17 bits per heavy atom. The van der Waals surface area contributed by atoms with Gasteiger partial charge in [0.05, 0.1) is 15.6 Å². The van der Waals surface area contributed by atoms with Gasteiger partial charge in [-0.1, -0.05) is 29.3 Å². The zero-order valence-corrected chi connectivity index (χ0v) is 10.4. The summed E-state index contributed by atoms with van der Waals surface area (Å²) in [5.41, 5.74) is 2.67. The van der Waals surface area contributed by atoms with E-state index in [1.807, 2.05) is 31.2 Å². The number of nitrogens with zero attached hydrogens (tertiary/aromatic N) is 1. The van der Waals surface area contributed by atoms with E-state index in [-0.39, 0.29) is 5.69 Å². The van der Waals surface area contributed by atoms with Gasteiger partial charge in [-0.25, -0.2) is 0 Å². The lowest BCUT2D eigenvalue weighted by atomic mass is 10.2. The van der Waals surface area contributed by atoms with E-state index >= 15 is 0 Å². The third-order valence-electron chi connectivity index (χ3n) is 2.49. The fraction of sp³-hybridized carbons (Fsp3) is 0.0769. The van der Waals surface area contributed by atoms with E-state index in [1.165, 1.54) is 12.1 Å². The Bertz CT molecular complexity index is 582. The number of nitrogens with one attached hydrogen (secondary N) is 1. The Balaban J connectivity index is 2.24. The average molecular weight is 263 g/mol. The molecule has 0 aliphatic heterocycles. The summed E-state index contributed by atoms with van der Waals surface area (Å²) in [4.78, 5) is 10.1. The van der Waals surface area contributed by atoms with Crippen LogP contribution in [0, 0.1) is 17.0 Å². The summed E-state index contributed by atoms with van der Waals surface area (Å²) in [6.07, 6.45) is 0. The molecule has 18 heavy (non-hydrogen) atoms. The van der Waals surface area contributed by atoms with Crippen LogP contribution < -0.4 is 5.32 Å². The average Bonchev–Trinajstić information content (AvgIpc) is 2.34. The van der Waals surface area contributed by atoms with Crippen molar-refractivity contribution in [2.24, 2.45) is 0 Å².